The first kappa shape index (κ1) is 8.96. The molecule has 0 aromatic carbocycles. The van der Waals surface area contributed by atoms with Crippen LogP contribution in [0.3, 0.4) is 0 Å². The topological polar surface area (TPSA) is 67.3 Å². The second kappa shape index (κ2) is 3.37. The number of aromatic amines is 1. The maximum Gasteiger partial charge on any atom is 0.181 e. The van der Waals surface area contributed by atoms with Gasteiger partial charge in [-0.2, -0.15) is 5.10 Å². The summed E-state index contributed by atoms with van der Waals surface area (Å²) in [5.41, 5.74) is 3.58. The van der Waals surface area contributed by atoms with Crippen molar-refractivity contribution >= 4 is 11.0 Å². The van der Waals surface area contributed by atoms with Gasteiger partial charge in [0.1, 0.15) is 6.33 Å². The number of aromatic nitrogens is 5. The number of hydrogen-bond acceptors (Lipinski definition) is 4. The molecule has 0 bridgehead atoms. The zero-order chi connectivity index (χ0) is 11.0. The van der Waals surface area contributed by atoms with E-state index in [-0.39, 0.29) is 0 Å². The monoisotopic (exact) mass is 211 g/mol. The van der Waals surface area contributed by atoms with Crippen molar-refractivity contribution < 1.29 is 0 Å². The number of hydrogen-bond donors (Lipinski definition) is 1. The number of H-pyrrole nitrogens is 1. The van der Waals surface area contributed by atoms with Crippen LogP contribution in [-0.2, 0) is 0 Å². The van der Waals surface area contributed by atoms with E-state index in [0.717, 1.165) is 28.0 Å². The van der Waals surface area contributed by atoms with Crippen LogP contribution in [0.5, 0.6) is 0 Å². The van der Waals surface area contributed by atoms with Crippen LogP contribution in [0.15, 0.2) is 30.9 Å². The van der Waals surface area contributed by atoms with E-state index in [1.54, 1.807) is 12.4 Å². The lowest BCUT2D eigenvalue weighted by molar-refractivity contribution is 1.05. The minimum Gasteiger partial charge on any atom is -0.280 e. The van der Waals surface area contributed by atoms with Gasteiger partial charge in [-0.3, -0.25) is 5.10 Å². The van der Waals surface area contributed by atoms with Gasteiger partial charge in [0.25, 0.3) is 0 Å². The summed E-state index contributed by atoms with van der Waals surface area (Å²) in [5, 5.41) is 8.02. The largest absolute Gasteiger partial charge is 0.280 e. The first-order valence-corrected chi connectivity index (χ1v) is 4.92. The molecule has 0 radical (unpaired) electrons. The number of fused-ring (bicyclic) bond motifs is 1. The van der Waals surface area contributed by atoms with E-state index in [1.165, 1.54) is 6.33 Å². The summed E-state index contributed by atoms with van der Waals surface area (Å²) in [6, 6.07) is 3.89. The highest BCUT2D eigenvalue weighted by Gasteiger charge is 2.05. The van der Waals surface area contributed by atoms with Crippen molar-refractivity contribution in [3.63, 3.8) is 0 Å². The molecule has 5 nitrogen and oxygen atoms in total. The fourth-order valence-corrected chi connectivity index (χ4v) is 1.62. The standard InChI is InChI=1S/C11H9N5/c1-7-9-4-8(5-13-11(9)16-15-7)10-2-3-12-6-14-10/h2-6H,1H3,(H,13,15,16). The van der Waals surface area contributed by atoms with Gasteiger partial charge in [0.15, 0.2) is 5.65 Å². The summed E-state index contributed by atoms with van der Waals surface area (Å²) in [6.07, 6.45) is 5.02. The Labute approximate surface area is 91.6 Å². The molecular weight excluding hydrogens is 202 g/mol. The fourth-order valence-electron chi connectivity index (χ4n) is 1.62. The molecule has 1 N–H and O–H groups in total. The number of nitrogens with one attached hydrogen (secondary N) is 1. The molecular formula is C11H9N5. The van der Waals surface area contributed by atoms with E-state index in [1.807, 2.05) is 19.1 Å². The van der Waals surface area contributed by atoms with E-state index < -0.39 is 0 Å². The molecule has 3 aromatic heterocycles. The van der Waals surface area contributed by atoms with E-state index in [9.17, 15) is 0 Å². The fraction of sp³-hybridized carbons (Fsp3) is 0.0909. The van der Waals surface area contributed by atoms with Gasteiger partial charge >= 0.3 is 0 Å². The van der Waals surface area contributed by atoms with Crippen molar-refractivity contribution in [3.8, 4) is 11.3 Å². The minimum atomic E-state index is 0.732. The number of aryl methyl sites for hydroxylation is 1. The van der Waals surface area contributed by atoms with Gasteiger partial charge in [-0.1, -0.05) is 0 Å². The third-order valence-electron chi connectivity index (χ3n) is 2.48. The Bertz CT molecular complexity index is 629. The number of nitrogens with zero attached hydrogens (tertiary/aromatic N) is 4. The molecule has 3 heterocycles. The van der Waals surface area contributed by atoms with Crippen LogP contribution in [0.2, 0.25) is 0 Å². The predicted octanol–water partition coefficient (Wildman–Crippen LogP) is 1.72. The first-order chi connectivity index (χ1) is 7.84. The lowest BCUT2D eigenvalue weighted by Gasteiger charge is -1.98. The molecule has 16 heavy (non-hydrogen) atoms. The van der Waals surface area contributed by atoms with Crippen molar-refractivity contribution in [2.75, 3.05) is 0 Å². The Morgan fingerprint density at radius 2 is 2.19 bits per heavy atom. The Morgan fingerprint density at radius 3 is 3.00 bits per heavy atom. The second-order valence-electron chi connectivity index (χ2n) is 3.54. The van der Waals surface area contributed by atoms with Gasteiger partial charge in [0.2, 0.25) is 0 Å². The van der Waals surface area contributed by atoms with Crippen LogP contribution in [0.4, 0.5) is 0 Å². The molecule has 0 aliphatic heterocycles. The van der Waals surface area contributed by atoms with E-state index in [4.69, 9.17) is 0 Å². The Balaban J connectivity index is 2.22. The van der Waals surface area contributed by atoms with Crippen LogP contribution in [0.1, 0.15) is 5.69 Å². The van der Waals surface area contributed by atoms with Gasteiger partial charge < -0.3 is 0 Å². The van der Waals surface area contributed by atoms with Crippen molar-refractivity contribution in [2.24, 2.45) is 0 Å². The highest BCUT2D eigenvalue weighted by atomic mass is 15.1. The Morgan fingerprint density at radius 1 is 1.25 bits per heavy atom. The molecule has 3 rings (SSSR count). The smallest absolute Gasteiger partial charge is 0.181 e. The van der Waals surface area contributed by atoms with Crippen molar-refractivity contribution in [2.45, 2.75) is 6.92 Å². The van der Waals surface area contributed by atoms with Gasteiger partial charge in [-0.05, 0) is 19.1 Å². The molecule has 0 fully saturated rings. The predicted molar refractivity (Wildman–Crippen MR) is 59.7 cm³/mol. The summed E-state index contributed by atoms with van der Waals surface area (Å²) in [6.45, 7) is 1.97. The molecule has 0 atom stereocenters. The highest BCUT2D eigenvalue weighted by Crippen LogP contribution is 2.20. The first-order valence-electron chi connectivity index (χ1n) is 4.92. The van der Waals surface area contributed by atoms with Crippen molar-refractivity contribution in [1.82, 2.24) is 25.1 Å². The average Bonchev–Trinajstić information content (AvgIpc) is 2.72. The minimum absolute atomic E-state index is 0.732. The van der Waals surface area contributed by atoms with E-state index in [0.29, 0.717) is 0 Å². The Hall–Kier alpha value is -2.30. The van der Waals surface area contributed by atoms with Crippen LogP contribution in [-0.4, -0.2) is 25.1 Å². The van der Waals surface area contributed by atoms with Crippen molar-refractivity contribution in [3.05, 3.63) is 36.5 Å². The van der Waals surface area contributed by atoms with Gasteiger partial charge in [0, 0.05) is 29.0 Å². The maximum atomic E-state index is 4.28. The lowest BCUT2D eigenvalue weighted by atomic mass is 10.1. The molecule has 0 unspecified atom stereocenters. The molecule has 5 heteroatoms. The normalized spacial score (nSPS) is 10.8. The van der Waals surface area contributed by atoms with Gasteiger partial charge in [-0.15, -0.1) is 0 Å². The van der Waals surface area contributed by atoms with Crippen LogP contribution < -0.4 is 0 Å². The van der Waals surface area contributed by atoms with Gasteiger partial charge in [0.05, 0.1) is 5.69 Å². The lowest BCUT2D eigenvalue weighted by Crippen LogP contribution is -1.86. The quantitative estimate of drug-likeness (QED) is 0.665. The summed E-state index contributed by atoms with van der Waals surface area (Å²) in [7, 11) is 0. The molecule has 78 valence electrons. The molecule has 0 saturated carbocycles. The van der Waals surface area contributed by atoms with Crippen LogP contribution >= 0.6 is 0 Å². The third kappa shape index (κ3) is 1.33. The molecule has 0 saturated heterocycles. The number of rotatable bonds is 1. The molecule has 0 aliphatic rings. The van der Waals surface area contributed by atoms with Gasteiger partial charge in [-0.25, -0.2) is 15.0 Å². The van der Waals surface area contributed by atoms with Crippen molar-refractivity contribution in [1.29, 1.82) is 0 Å². The summed E-state index contributed by atoms with van der Waals surface area (Å²) < 4.78 is 0. The average molecular weight is 211 g/mol. The van der Waals surface area contributed by atoms with E-state index in [2.05, 4.69) is 25.1 Å². The zero-order valence-electron chi connectivity index (χ0n) is 8.68. The molecule has 3 aromatic rings. The highest BCUT2D eigenvalue weighted by molar-refractivity contribution is 5.82. The zero-order valence-corrected chi connectivity index (χ0v) is 8.68. The molecule has 0 spiro atoms. The van der Waals surface area contributed by atoms with Crippen LogP contribution in [0, 0.1) is 6.92 Å². The number of pyridine rings is 1. The SMILES string of the molecule is Cc1[nH]nc2ncc(-c3ccncn3)cc12. The summed E-state index contributed by atoms with van der Waals surface area (Å²) in [4.78, 5) is 12.4. The maximum absolute atomic E-state index is 4.28. The van der Waals surface area contributed by atoms with Crippen LogP contribution in [0.25, 0.3) is 22.3 Å². The summed E-state index contributed by atoms with van der Waals surface area (Å²) >= 11 is 0. The second-order valence-corrected chi connectivity index (χ2v) is 3.54. The Kier molecular flexibility index (Phi) is 1.89. The van der Waals surface area contributed by atoms with E-state index >= 15 is 0 Å². The molecule has 0 amide bonds. The third-order valence-corrected chi connectivity index (χ3v) is 2.48. The molecule has 0 aliphatic carbocycles. The summed E-state index contributed by atoms with van der Waals surface area (Å²) in [5.74, 6) is 0.